The molecule has 0 bridgehead atoms. The third kappa shape index (κ3) is 4.08. The average Bonchev–Trinajstić information content (AvgIpc) is 3.23. The highest BCUT2D eigenvalue weighted by Crippen LogP contribution is 2.48. The molecule has 5 rings (SSSR count). The van der Waals surface area contributed by atoms with Gasteiger partial charge < -0.3 is 19.1 Å². The third-order valence-corrected chi connectivity index (χ3v) is 7.23. The van der Waals surface area contributed by atoms with Gasteiger partial charge in [-0.3, -0.25) is 0 Å². The lowest BCUT2D eigenvalue weighted by atomic mass is 9.91. The fourth-order valence-electron chi connectivity index (χ4n) is 4.36. The van der Waals surface area contributed by atoms with Crippen LogP contribution in [-0.2, 0) is 11.2 Å². The molecule has 0 spiro atoms. The predicted molar refractivity (Wildman–Crippen MR) is 139 cm³/mol. The van der Waals surface area contributed by atoms with Crippen molar-refractivity contribution in [3.8, 4) is 11.5 Å². The van der Waals surface area contributed by atoms with E-state index in [0.29, 0.717) is 6.02 Å². The lowest BCUT2D eigenvalue weighted by Crippen LogP contribution is -2.34. The number of methoxy groups -OCH3 is 2. The molecular weight excluding hydrogens is 527 g/mol. The Labute approximate surface area is 207 Å². The van der Waals surface area contributed by atoms with Gasteiger partial charge in [0, 0.05) is 6.54 Å². The molecule has 6 heteroatoms. The average molecular weight is 552 g/mol. The minimum Gasteiger partial charge on any atom is -0.493 e. The van der Waals surface area contributed by atoms with Gasteiger partial charge in [-0.05, 0) is 76.9 Å². The van der Waals surface area contributed by atoms with Crippen molar-refractivity contribution in [3.05, 3.63) is 94.7 Å². The summed E-state index contributed by atoms with van der Waals surface area (Å²) in [5, 5.41) is 0. The van der Waals surface area contributed by atoms with Crippen LogP contribution in [0.5, 0.6) is 11.5 Å². The van der Waals surface area contributed by atoms with Crippen molar-refractivity contribution in [2.45, 2.75) is 19.4 Å². The Balaban J connectivity index is 1.67. The summed E-state index contributed by atoms with van der Waals surface area (Å²) >= 11 is 2.39. The maximum absolute atomic E-state index is 6.52. The Hall–Kier alpha value is -3.00. The van der Waals surface area contributed by atoms with Crippen LogP contribution in [0.25, 0.3) is 3.58 Å². The molecule has 2 aliphatic rings. The molecule has 5 nitrogen and oxygen atoms in total. The Morgan fingerprint density at radius 2 is 1.70 bits per heavy atom. The molecule has 168 valence electrons. The normalized spacial score (nSPS) is 19.6. The molecule has 0 aliphatic carbocycles. The molecule has 1 saturated heterocycles. The molecule has 2 aliphatic heterocycles. The molecule has 33 heavy (non-hydrogen) atoms. The molecule has 3 aromatic rings. The van der Waals surface area contributed by atoms with Gasteiger partial charge in [-0.2, -0.15) is 4.99 Å². The number of nitrogens with zero attached hydrogens (tertiary/aromatic N) is 2. The van der Waals surface area contributed by atoms with Gasteiger partial charge in [0.1, 0.15) is 11.8 Å². The monoisotopic (exact) mass is 552 g/mol. The zero-order chi connectivity index (χ0) is 22.9. The van der Waals surface area contributed by atoms with Gasteiger partial charge in [0.15, 0.2) is 11.5 Å². The van der Waals surface area contributed by atoms with Gasteiger partial charge in [0.25, 0.3) is 6.02 Å². The summed E-state index contributed by atoms with van der Waals surface area (Å²) in [6.07, 6.45) is 0.873. The lowest BCUT2D eigenvalue weighted by Gasteiger charge is -2.31. The van der Waals surface area contributed by atoms with Crippen molar-refractivity contribution in [2.24, 2.45) is 4.99 Å². The third-order valence-electron chi connectivity index (χ3n) is 6.07. The predicted octanol–water partition coefficient (Wildman–Crippen LogP) is 6.43. The van der Waals surface area contributed by atoms with Gasteiger partial charge in [-0.1, -0.05) is 48.0 Å². The minimum atomic E-state index is -0.0788. The molecule has 1 atom stereocenters. The summed E-state index contributed by atoms with van der Waals surface area (Å²) in [4.78, 5) is 7.14. The zero-order valence-electron chi connectivity index (χ0n) is 18.8. The topological polar surface area (TPSA) is 43.3 Å². The van der Waals surface area contributed by atoms with E-state index < -0.39 is 0 Å². The van der Waals surface area contributed by atoms with Crippen LogP contribution in [0.15, 0.2) is 77.5 Å². The maximum Gasteiger partial charge on any atom is 0.298 e. The summed E-state index contributed by atoms with van der Waals surface area (Å²) in [5.74, 6) is 2.36. The molecule has 0 radical (unpaired) electrons. The zero-order valence-corrected chi connectivity index (χ0v) is 21.0. The number of fused-ring (bicyclic) bond motifs is 3. The SMILES string of the molecule is COc1cc2c(cc1OC)C1/C(=C(\I)c3ccccc3)OC(=Nc3ccc(C)cc3)N1CC2. The Morgan fingerprint density at radius 1 is 1.00 bits per heavy atom. The van der Waals surface area contributed by atoms with Gasteiger partial charge >= 0.3 is 0 Å². The number of ether oxygens (including phenoxy) is 3. The van der Waals surface area contributed by atoms with Crippen molar-refractivity contribution >= 4 is 37.9 Å². The summed E-state index contributed by atoms with van der Waals surface area (Å²) in [7, 11) is 3.35. The quantitative estimate of drug-likeness (QED) is 0.350. The summed E-state index contributed by atoms with van der Waals surface area (Å²) in [5.41, 5.74) is 5.61. The number of aryl methyl sites for hydroxylation is 1. The van der Waals surface area contributed by atoms with Crippen molar-refractivity contribution in [1.29, 1.82) is 0 Å². The van der Waals surface area contributed by atoms with E-state index >= 15 is 0 Å². The maximum atomic E-state index is 6.52. The lowest BCUT2D eigenvalue weighted by molar-refractivity contribution is 0.338. The molecule has 2 heterocycles. The van der Waals surface area contributed by atoms with Crippen molar-refractivity contribution in [3.63, 3.8) is 0 Å². The number of amidine groups is 1. The Bertz CT molecular complexity index is 1240. The van der Waals surface area contributed by atoms with Crippen LogP contribution in [0.3, 0.4) is 0 Å². The van der Waals surface area contributed by atoms with E-state index in [1.807, 2.05) is 30.3 Å². The van der Waals surface area contributed by atoms with Crippen LogP contribution in [0.4, 0.5) is 5.69 Å². The fraction of sp³-hybridized carbons (Fsp3) is 0.222. The molecule has 3 aromatic carbocycles. The van der Waals surface area contributed by atoms with Crippen LogP contribution in [-0.4, -0.2) is 31.7 Å². The number of halogens is 1. The second kappa shape index (κ2) is 9.09. The van der Waals surface area contributed by atoms with E-state index in [2.05, 4.69) is 70.8 Å². The smallest absolute Gasteiger partial charge is 0.298 e. The highest BCUT2D eigenvalue weighted by molar-refractivity contribution is 14.1. The van der Waals surface area contributed by atoms with E-state index in [4.69, 9.17) is 19.2 Å². The molecule has 0 amide bonds. The number of aliphatic imine (C=N–C) groups is 1. The number of hydrogen-bond donors (Lipinski definition) is 0. The molecule has 1 fully saturated rings. The van der Waals surface area contributed by atoms with E-state index in [1.165, 1.54) is 11.1 Å². The highest BCUT2D eigenvalue weighted by atomic mass is 127. The van der Waals surface area contributed by atoms with Crippen LogP contribution in [0.1, 0.15) is 28.3 Å². The van der Waals surface area contributed by atoms with E-state index in [-0.39, 0.29) is 6.04 Å². The first-order chi connectivity index (χ1) is 16.1. The van der Waals surface area contributed by atoms with E-state index in [1.54, 1.807) is 14.2 Å². The highest BCUT2D eigenvalue weighted by Gasteiger charge is 2.43. The Kier molecular flexibility index (Phi) is 6.01. The first-order valence-corrected chi connectivity index (χ1v) is 12.0. The van der Waals surface area contributed by atoms with Crippen molar-refractivity contribution in [1.82, 2.24) is 4.90 Å². The van der Waals surface area contributed by atoms with Crippen LogP contribution in [0.2, 0.25) is 0 Å². The van der Waals surface area contributed by atoms with Crippen LogP contribution < -0.4 is 9.47 Å². The van der Waals surface area contributed by atoms with E-state index in [0.717, 1.165) is 50.6 Å². The second-order valence-electron chi connectivity index (χ2n) is 8.13. The number of rotatable bonds is 4. The first kappa shape index (κ1) is 21.8. The molecular formula is C27H25IN2O3. The van der Waals surface area contributed by atoms with Crippen LogP contribution in [0, 0.1) is 6.92 Å². The second-order valence-corrected chi connectivity index (χ2v) is 9.21. The van der Waals surface area contributed by atoms with Gasteiger partial charge in [0.2, 0.25) is 0 Å². The first-order valence-electron chi connectivity index (χ1n) is 10.9. The number of hydrogen-bond acceptors (Lipinski definition) is 4. The van der Waals surface area contributed by atoms with Gasteiger partial charge in [-0.25, -0.2) is 0 Å². The summed E-state index contributed by atoms with van der Waals surface area (Å²) in [6, 6.07) is 23.2. The van der Waals surface area contributed by atoms with Crippen LogP contribution >= 0.6 is 22.6 Å². The summed E-state index contributed by atoms with van der Waals surface area (Å²) < 4.78 is 18.8. The standard InChI is InChI=1S/C27H25IN2O3/c1-17-9-11-20(12-10-17)29-27-30-14-13-19-15-22(31-2)23(32-3)16-21(19)25(30)26(33-27)24(28)18-7-5-4-6-8-18/h4-12,15-16,25H,13-14H2,1-3H3/b26-24+,29-27?. The Morgan fingerprint density at radius 3 is 2.39 bits per heavy atom. The molecule has 1 unspecified atom stereocenters. The molecule has 0 saturated carbocycles. The van der Waals surface area contributed by atoms with Gasteiger partial charge in [-0.15, -0.1) is 0 Å². The molecule has 0 aromatic heterocycles. The largest absolute Gasteiger partial charge is 0.493 e. The van der Waals surface area contributed by atoms with Crippen molar-refractivity contribution in [2.75, 3.05) is 20.8 Å². The summed E-state index contributed by atoms with van der Waals surface area (Å²) in [6.45, 7) is 2.88. The van der Waals surface area contributed by atoms with E-state index in [9.17, 15) is 0 Å². The van der Waals surface area contributed by atoms with Gasteiger partial charge in [0.05, 0.1) is 23.5 Å². The molecule has 0 N–H and O–H groups in total. The fourth-order valence-corrected chi connectivity index (χ4v) is 5.12. The number of benzene rings is 3. The van der Waals surface area contributed by atoms with Crippen molar-refractivity contribution < 1.29 is 14.2 Å². The minimum absolute atomic E-state index is 0.0788.